The second-order valence-electron chi connectivity index (χ2n) is 8.65. The van der Waals surface area contributed by atoms with Gasteiger partial charge in [-0.2, -0.15) is 18.4 Å². The summed E-state index contributed by atoms with van der Waals surface area (Å²) in [6.45, 7) is 3.02. The lowest BCUT2D eigenvalue weighted by atomic mass is 10.0. The van der Waals surface area contributed by atoms with Gasteiger partial charge in [-0.3, -0.25) is 4.79 Å². The molecule has 2 aromatic carbocycles. The molecule has 1 N–H and O–H groups in total. The summed E-state index contributed by atoms with van der Waals surface area (Å²) in [6.07, 6.45) is -4.84. The van der Waals surface area contributed by atoms with Crippen LogP contribution in [0.4, 0.5) is 35.2 Å². The van der Waals surface area contributed by atoms with E-state index in [4.69, 9.17) is 10.00 Å². The number of hydrogen-bond donors (Lipinski definition) is 1. The summed E-state index contributed by atoms with van der Waals surface area (Å²) in [6, 6.07) is 13.8. The average molecular weight is 510 g/mol. The molecule has 190 valence electrons. The third kappa shape index (κ3) is 4.75. The summed E-state index contributed by atoms with van der Waals surface area (Å²) in [4.78, 5) is 28.7. The fraction of sp³-hybridized carbons (Fsp3) is 0.240. The second kappa shape index (κ2) is 9.42. The summed E-state index contributed by atoms with van der Waals surface area (Å²) >= 11 is 0. The van der Waals surface area contributed by atoms with E-state index in [2.05, 4.69) is 15.5 Å². The maximum absolute atomic E-state index is 13.5. The van der Waals surface area contributed by atoms with Gasteiger partial charge in [0.05, 0.1) is 36.5 Å². The topological polar surface area (TPSA) is 111 Å². The maximum atomic E-state index is 13.5. The van der Waals surface area contributed by atoms with Crippen LogP contribution < -0.4 is 15.0 Å². The van der Waals surface area contributed by atoms with Crippen LogP contribution in [0.3, 0.4) is 0 Å². The lowest BCUT2D eigenvalue weighted by molar-refractivity contribution is -0.137. The molecule has 0 bridgehead atoms. The molecule has 3 aromatic rings. The molecule has 37 heavy (non-hydrogen) atoms. The number of methoxy groups -OCH3 is 1. The van der Waals surface area contributed by atoms with E-state index in [1.807, 2.05) is 0 Å². The zero-order valence-electron chi connectivity index (χ0n) is 20.0. The van der Waals surface area contributed by atoms with Gasteiger partial charge in [0.25, 0.3) is 5.91 Å². The molecule has 0 aliphatic carbocycles. The van der Waals surface area contributed by atoms with Gasteiger partial charge in [0.15, 0.2) is 5.82 Å². The van der Waals surface area contributed by atoms with Crippen LogP contribution in [0, 0.1) is 11.3 Å². The minimum atomic E-state index is -4.84. The van der Waals surface area contributed by atoms with Crippen molar-refractivity contribution in [2.45, 2.75) is 32.1 Å². The number of carbonyl (C=O) groups is 2. The molecule has 0 saturated carbocycles. The molecule has 1 fully saturated rings. The van der Waals surface area contributed by atoms with Gasteiger partial charge in [-0.1, -0.05) is 18.2 Å². The first-order valence-corrected chi connectivity index (χ1v) is 11.0. The number of nitrogens with one attached hydrogen (secondary N) is 1. The second-order valence-corrected chi connectivity index (χ2v) is 8.65. The zero-order valence-corrected chi connectivity index (χ0v) is 20.0. The summed E-state index contributed by atoms with van der Waals surface area (Å²) in [5.41, 5.74) is -2.23. The predicted octanol–water partition coefficient (Wildman–Crippen LogP) is 4.87. The van der Waals surface area contributed by atoms with Crippen LogP contribution in [-0.2, 0) is 17.5 Å². The number of halogens is 3. The molecular weight excluding hydrogens is 489 g/mol. The number of nitrogens with zero attached hydrogens (tertiary/aromatic N) is 5. The van der Waals surface area contributed by atoms with Crippen LogP contribution in [0.1, 0.15) is 30.5 Å². The number of hydrogen-bond acceptors (Lipinski definition) is 7. The number of ether oxygens (including phenoxy) is 1. The number of amides is 3. The summed E-state index contributed by atoms with van der Waals surface area (Å²) in [7, 11) is 1.47. The molecule has 2 heterocycles. The Morgan fingerprint density at radius 1 is 1.08 bits per heavy atom. The molecule has 1 aliphatic rings. The number of aromatic nitrogens is 2. The molecule has 0 unspecified atom stereocenters. The number of para-hydroxylation sites is 1. The Morgan fingerprint density at radius 2 is 1.81 bits per heavy atom. The highest BCUT2D eigenvalue weighted by Gasteiger charge is 2.52. The first-order valence-electron chi connectivity index (χ1n) is 11.0. The molecule has 9 nitrogen and oxygen atoms in total. The first-order chi connectivity index (χ1) is 17.5. The molecule has 4 rings (SSSR count). The SMILES string of the molecule is COc1ccc(Nc2ccccc2CN2C(=O)N(c3ccc(C#N)c(C(F)(F)F)c3)C(=O)C2(C)C)nn1. The van der Waals surface area contributed by atoms with Gasteiger partial charge in [-0.05, 0) is 49.7 Å². The van der Waals surface area contributed by atoms with Crippen LogP contribution in [0.25, 0.3) is 0 Å². The highest BCUT2D eigenvalue weighted by atomic mass is 19.4. The minimum Gasteiger partial charge on any atom is -0.480 e. The Bertz CT molecular complexity index is 1400. The van der Waals surface area contributed by atoms with Crippen LogP contribution in [0.15, 0.2) is 54.6 Å². The van der Waals surface area contributed by atoms with Gasteiger partial charge in [0.1, 0.15) is 5.54 Å². The van der Waals surface area contributed by atoms with Crippen molar-refractivity contribution in [1.29, 1.82) is 5.26 Å². The smallest absolute Gasteiger partial charge is 0.417 e. The number of carbonyl (C=O) groups excluding carboxylic acids is 2. The lowest BCUT2D eigenvalue weighted by Gasteiger charge is -2.28. The highest BCUT2D eigenvalue weighted by molar-refractivity contribution is 6.23. The van der Waals surface area contributed by atoms with Crippen molar-refractivity contribution in [3.05, 3.63) is 71.3 Å². The number of benzene rings is 2. The van der Waals surface area contributed by atoms with Crippen molar-refractivity contribution < 1.29 is 27.5 Å². The molecule has 1 aliphatic heterocycles. The van der Waals surface area contributed by atoms with E-state index in [9.17, 15) is 22.8 Å². The molecule has 12 heteroatoms. The monoisotopic (exact) mass is 510 g/mol. The van der Waals surface area contributed by atoms with Gasteiger partial charge in [0, 0.05) is 11.8 Å². The highest BCUT2D eigenvalue weighted by Crippen LogP contribution is 2.38. The zero-order chi connectivity index (χ0) is 27.0. The third-order valence-corrected chi connectivity index (χ3v) is 5.97. The summed E-state index contributed by atoms with van der Waals surface area (Å²) in [5.74, 6) is 0.0513. The maximum Gasteiger partial charge on any atom is 0.417 e. The van der Waals surface area contributed by atoms with E-state index >= 15 is 0 Å². The van der Waals surface area contributed by atoms with Crippen molar-refractivity contribution in [2.24, 2.45) is 0 Å². The number of urea groups is 1. The Hall–Kier alpha value is -4.66. The van der Waals surface area contributed by atoms with Crippen molar-refractivity contribution in [2.75, 3.05) is 17.3 Å². The molecule has 3 amide bonds. The Kier molecular flexibility index (Phi) is 6.48. The van der Waals surface area contributed by atoms with Crippen LogP contribution >= 0.6 is 0 Å². The van der Waals surface area contributed by atoms with E-state index < -0.39 is 34.8 Å². The van der Waals surface area contributed by atoms with E-state index in [0.29, 0.717) is 33.9 Å². The van der Waals surface area contributed by atoms with E-state index in [-0.39, 0.29) is 12.2 Å². The van der Waals surface area contributed by atoms with Crippen LogP contribution in [0.2, 0.25) is 0 Å². The molecule has 0 spiro atoms. The molecule has 0 radical (unpaired) electrons. The van der Waals surface area contributed by atoms with Gasteiger partial charge in [-0.15, -0.1) is 10.2 Å². The normalized spacial score (nSPS) is 15.1. The van der Waals surface area contributed by atoms with Gasteiger partial charge in [0.2, 0.25) is 5.88 Å². The lowest BCUT2D eigenvalue weighted by Crippen LogP contribution is -2.43. The first kappa shape index (κ1) is 25.4. The van der Waals surface area contributed by atoms with Crippen molar-refractivity contribution in [3.8, 4) is 11.9 Å². The van der Waals surface area contributed by atoms with Crippen LogP contribution in [0.5, 0.6) is 5.88 Å². The summed E-state index contributed by atoms with van der Waals surface area (Å²) in [5, 5.41) is 20.1. The van der Waals surface area contributed by atoms with Crippen LogP contribution in [-0.4, -0.2) is 39.7 Å². The Morgan fingerprint density at radius 3 is 2.43 bits per heavy atom. The van der Waals surface area contributed by atoms with Gasteiger partial charge >= 0.3 is 12.2 Å². The number of imide groups is 1. The molecular formula is C25H21F3N6O3. The van der Waals surface area contributed by atoms with Gasteiger partial charge < -0.3 is 15.0 Å². The van der Waals surface area contributed by atoms with E-state index in [1.165, 1.54) is 31.9 Å². The number of anilines is 3. The third-order valence-electron chi connectivity index (χ3n) is 5.97. The van der Waals surface area contributed by atoms with E-state index in [0.717, 1.165) is 12.1 Å². The Labute approximate surface area is 210 Å². The quantitative estimate of drug-likeness (QED) is 0.471. The standard InChI is InChI=1S/C25H21F3N6O3/c1-24(2)22(35)34(17-9-8-15(13-29)18(12-17)25(26,27)28)23(36)33(24)14-16-6-4-5-7-19(16)30-20-10-11-21(37-3)32-31-20/h4-12H,14H2,1-3H3,(H,30,31). The molecule has 1 aromatic heterocycles. The van der Waals surface area contributed by atoms with Crippen molar-refractivity contribution >= 4 is 29.1 Å². The number of alkyl halides is 3. The molecule has 0 atom stereocenters. The Balaban J connectivity index is 1.66. The van der Waals surface area contributed by atoms with Crippen molar-refractivity contribution in [3.63, 3.8) is 0 Å². The fourth-order valence-corrected chi connectivity index (χ4v) is 3.92. The molecule has 1 saturated heterocycles. The number of nitriles is 1. The minimum absolute atomic E-state index is 0.0246. The largest absolute Gasteiger partial charge is 0.480 e. The fourth-order valence-electron chi connectivity index (χ4n) is 3.92. The average Bonchev–Trinajstić information content (AvgIpc) is 3.03. The predicted molar refractivity (Wildman–Crippen MR) is 127 cm³/mol. The summed E-state index contributed by atoms with van der Waals surface area (Å²) < 4.78 is 45.5. The number of rotatable bonds is 6. The van der Waals surface area contributed by atoms with E-state index in [1.54, 1.807) is 36.4 Å². The van der Waals surface area contributed by atoms with Gasteiger partial charge in [-0.25, -0.2) is 9.69 Å². The van der Waals surface area contributed by atoms with Crippen molar-refractivity contribution in [1.82, 2.24) is 15.1 Å².